The highest BCUT2D eigenvalue weighted by Crippen LogP contribution is 2.31. The summed E-state index contributed by atoms with van der Waals surface area (Å²) in [5, 5.41) is 3.34. The van der Waals surface area contributed by atoms with Crippen LogP contribution in [0.3, 0.4) is 0 Å². The number of thioether (sulfide) groups is 1. The molecule has 22 heavy (non-hydrogen) atoms. The second kappa shape index (κ2) is 6.12. The van der Waals surface area contributed by atoms with E-state index in [1.165, 1.54) is 11.8 Å². The highest BCUT2D eigenvalue weighted by molar-refractivity contribution is 8.15. The predicted molar refractivity (Wildman–Crippen MR) is 89.2 cm³/mol. The zero-order valence-corrected chi connectivity index (χ0v) is 13.6. The molecule has 0 aromatic heterocycles. The summed E-state index contributed by atoms with van der Waals surface area (Å²) in [6.07, 6.45) is 1.09. The van der Waals surface area contributed by atoms with Gasteiger partial charge in [0.15, 0.2) is 5.17 Å². The van der Waals surface area contributed by atoms with Gasteiger partial charge in [0.2, 0.25) is 11.8 Å². The lowest BCUT2D eigenvalue weighted by atomic mass is 10.1. The number of anilines is 1. The van der Waals surface area contributed by atoms with Crippen LogP contribution in [0.15, 0.2) is 23.2 Å². The molecule has 0 unspecified atom stereocenters. The van der Waals surface area contributed by atoms with E-state index in [9.17, 15) is 9.59 Å². The number of carbonyl (C=O) groups is 2. The first-order valence-corrected chi connectivity index (χ1v) is 8.32. The van der Waals surface area contributed by atoms with Crippen molar-refractivity contribution >= 4 is 34.4 Å². The summed E-state index contributed by atoms with van der Waals surface area (Å²) in [7, 11) is 0. The molecule has 116 valence electrons. The van der Waals surface area contributed by atoms with Gasteiger partial charge in [0.25, 0.3) is 0 Å². The second-order valence-electron chi connectivity index (χ2n) is 5.68. The fourth-order valence-electron chi connectivity index (χ4n) is 2.69. The molecule has 0 aliphatic carbocycles. The van der Waals surface area contributed by atoms with E-state index in [1.807, 2.05) is 32.0 Å². The lowest BCUT2D eigenvalue weighted by Gasteiger charge is -2.19. The van der Waals surface area contributed by atoms with Crippen LogP contribution in [0.4, 0.5) is 5.69 Å². The molecule has 0 saturated carbocycles. The molecule has 2 aliphatic rings. The number of amidine groups is 1. The van der Waals surface area contributed by atoms with E-state index in [0.29, 0.717) is 0 Å². The van der Waals surface area contributed by atoms with E-state index in [2.05, 4.69) is 10.3 Å². The molecule has 0 bridgehead atoms. The fourth-order valence-corrected chi connectivity index (χ4v) is 3.89. The van der Waals surface area contributed by atoms with Crippen molar-refractivity contribution < 1.29 is 9.59 Å². The van der Waals surface area contributed by atoms with Gasteiger partial charge < -0.3 is 5.32 Å². The number of hydrogen-bond acceptors (Lipinski definition) is 4. The Balaban J connectivity index is 1.64. The number of nitrogens with zero attached hydrogens (tertiary/aromatic N) is 2. The van der Waals surface area contributed by atoms with E-state index in [-0.39, 0.29) is 23.5 Å². The van der Waals surface area contributed by atoms with Gasteiger partial charge >= 0.3 is 0 Å². The van der Waals surface area contributed by atoms with Crippen LogP contribution in [-0.2, 0) is 9.59 Å². The van der Waals surface area contributed by atoms with Crippen molar-refractivity contribution in [1.29, 1.82) is 0 Å². The molecule has 1 atom stereocenters. The van der Waals surface area contributed by atoms with E-state index < -0.39 is 0 Å². The summed E-state index contributed by atoms with van der Waals surface area (Å²) in [5.41, 5.74) is 2.99. The number of benzene rings is 1. The van der Waals surface area contributed by atoms with Crippen LogP contribution in [0.5, 0.6) is 0 Å². The van der Waals surface area contributed by atoms with Crippen molar-refractivity contribution in [2.75, 3.05) is 18.4 Å². The number of aliphatic imine (C=N–C) groups is 1. The fraction of sp³-hybridized carbons (Fsp3) is 0.438. The van der Waals surface area contributed by atoms with Crippen LogP contribution in [0.1, 0.15) is 24.0 Å². The maximum absolute atomic E-state index is 12.3. The number of fused-ring (bicyclic) bond motifs is 1. The SMILES string of the molecule is Cc1ccc(NC(=O)C[C@H]2SC3=NCCCN3C2=O)c(C)c1. The van der Waals surface area contributed by atoms with Crippen LogP contribution >= 0.6 is 11.8 Å². The first-order chi connectivity index (χ1) is 10.5. The van der Waals surface area contributed by atoms with Gasteiger partial charge in [-0.2, -0.15) is 0 Å². The minimum atomic E-state index is -0.345. The molecule has 5 nitrogen and oxygen atoms in total. The molecule has 0 radical (unpaired) electrons. The number of aryl methyl sites for hydroxylation is 2. The standard InChI is InChI=1S/C16H19N3O2S/c1-10-4-5-12(11(2)8-10)18-14(20)9-13-15(21)19-7-3-6-17-16(19)22-13/h4-5,8,13H,3,6-7,9H2,1-2H3,(H,18,20)/t13-/m1/s1. The van der Waals surface area contributed by atoms with Crippen LogP contribution < -0.4 is 5.32 Å². The van der Waals surface area contributed by atoms with Gasteiger partial charge in [-0.3, -0.25) is 19.5 Å². The Labute approximate surface area is 134 Å². The maximum atomic E-state index is 12.3. The Kier molecular flexibility index (Phi) is 4.20. The van der Waals surface area contributed by atoms with Crippen molar-refractivity contribution in [1.82, 2.24) is 4.90 Å². The second-order valence-corrected chi connectivity index (χ2v) is 6.85. The van der Waals surface area contributed by atoms with E-state index >= 15 is 0 Å². The Morgan fingerprint density at radius 3 is 3.00 bits per heavy atom. The summed E-state index contributed by atoms with van der Waals surface area (Å²) >= 11 is 1.41. The van der Waals surface area contributed by atoms with Gasteiger partial charge in [0.1, 0.15) is 5.25 Å². The average Bonchev–Trinajstić information content (AvgIpc) is 2.79. The van der Waals surface area contributed by atoms with Crippen LogP contribution in [0.2, 0.25) is 0 Å². The Morgan fingerprint density at radius 1 is 1.45 bits per heavy atom. The third-order valence-electron chi connectivity index (χ3n) is 3.83. The largest absolute Gasteiger partial charge is 0.326 e. The molecule has 2 heterocycles. The van der Waals surface area contributed by atoms with Crippen molar-refractivity contribution in [3.63, 3.8) is 0 Å². The molecule has 2 aliphatic heterocycles. The van der Waals surface area contributed by atoms with Gasteiger partial charge in [0, 0.05) is 25.2 Å². The number of hydrogen-bond donors (Lipinski definition) is 1. The van der Waals surface area contributed by atoms with Crippen LogP contribution in [0, 0.1) is 13.8 Å². The van der Waals surface area contributed by atoms with Crippen LogP contribution in [-0.4, -0.2) is 40.2 Å². The number of nitrogens with one attached hydrogen (secondary N) is 1. The summed E-state index contributed by atoms with van der Waals surface area (Å²) in [5.74, 6) is -0.113. The predicted octanol–water partition coefficient (Wildman–Crippen LogP) is 2.34. The van der Waals surface area contributed by atoms with E-state index in [1.54, 1.807) is 4.90 Å². The third-order valence-corrected chi connectivity index (χ3v) is 5.05. The lowest BCUT2D eigenvalue weighted by Crippen LogP contribution is -2.36. The summed E-state index contributed by atoms with van der Waals surface area (Å²) < 4.78 is 0. The zero-order chi connectivity index (χ0) is 15.7. The van der Waals surface area contributed by atoms with Crippen molar-refractivity contribution in [3.05, 3.63) is 29.3 Å². The average molecular weight is 317 g/mol. The third kappa shape index (κ3) is 3.02. The molecule has 1 saturated heterocycles. The number of carbonyl (C=O) groups excluding carboxylic acids is 2. The van der Waals surface area contributed by atoms with E-state index in [0.717, 1.165) is 41.5 Å². The van der Waals surface area contributed by atoms with Gasteiger partial charge in [0.05, 0.1) is 0 Å². The Hall–Kier alpha value is -1.82. The molecular formula is C16H19N3O2S. The molecule has 1 aromatic rings. The van der Waals surface area contributed by atoms with Crippen molar-refractivity contribution in [3.8, 4) is 0 Å². The topological polar surface area (TPSA) is 61.8 Å². The summed E-state index contributed by atoms with van der Waals surface area (Å²) in [6, 6.07) is 5.90. The lowest BCUT2D eigenvalue weighted by molar-refractivity contribution is -0.128. The molecular weight excluding hydrogens is 298 g/mol. The van der Waals surface area contributed by atoms with Crippen molar-refractivity contribution in [2.24, 2.45) is 4.99 Å². The Morgan fingerprint density at radius 2 is 2.27 bits per heavy atom. The molecule has 1 fully saturated rings. The highest BCUT2D eigenvalue weighted by atomic mass is 32.2. The van der Waals surface area contributed by atoms with Gasteiger partial charge in [-0.25, -0.2) is 0 Å². The van der Waals surface area contributed by atoms with Crippen molar-refractivity contribution in [2.45, 2.75) is 31.9 Å². The van der Waals surface area contributed by atoms with Gasteiger partial charge in [-0.1, -0.05) is 29.5 Å². The first kappa shape index (κ1) is 15.1. The molecule has 2 amide bonds. The molecule has 6 heteroatoms. The van der Waals surface area contributed by atoms with E-state index in [4.69, 9.17) is 0 Å². The van der Waals surface area contributed by atoms with Crippen LogP contribution in [0.25, 0.3) is 0 Å². The molecule has 3 rings (SSSR count). The summed E-state index contributed by atoms with van der Waals surface area (Å²) in [6.45, 7) is 5.48. The Bertz CT molecular complexity index is 657. The minimum Gasteiger partial charge on any atom is -0.326 e. The smallest absolute Gasteiger partial charge is 0.242 e. The molecule has 1 N–H and O–H groups in total. The highest BCUT2D eigenvalue weighted by Gasteiger charge is 2.39. The zero-order valence-electron chi connectivity index (χ0n) is 12.8. The number of rotatable bonds is 3. The molecule has 0 spiro atoms. The summed E-state index contributed by atoms with van der Waals surface area (Å²) in [4.78, 5) is 30.6. The first-order valence-electron chi connectivity index (χ1n) is 7.44. The maximum Gasteiger partial charge on any atom is 0.242 e. The van der Waals surface area contributed by atoms with Gasteiger partial charge in [-0.05, 0) is 31.9 Å². The number of amides is 2. The molecule has 1 aromatic carbocycles. The minimum absolute atomic E-state index is 0.0132. The monoisotopic (exact) mass is 317 g/mol. The quantitative estimate of drug-likeness (QED) is 0.931. The normalized spacial score (nSPS) is 20.6. The van der Waals surface area contributed by atoms with Gasteiger partial charge in [-0.15, -0.1) is 0 Å².